The molecule has 0 spiro atoms. The van der Waals surface area contributed by atoms with Gasteiger partial charge in [0.1, 0.15) is 0 Å². The van der Waals surface area contributed by atoms with Gasteiger partial charge in [-0.05, 0) is 18.4 Å². The Hall–Kier alpha value is -1.95. The Morgan fingerprint density at radius 2 is 2.20 bits per heavy atom. The fraction of sp³-hybridized carbons (Fsp3) is 0.500. The van der Waals surface area contributed by atoms with E-state index in [2.05, 4.69) is 24.1 Å². The van der Waals surface area contributed by atoms with Crippen LogP contribution in [0.25, 0.3) is 11.1 Å². The lowest BCUT2D eigenvalue weighted by Crippen LogP contribution is -2.11. The SMILES string of the molecule is CC(C)CCOCCNc1cc2[nH]c(=O)oc2cc1N. The highest BCUT2D eigenvalue weighted by molar-refractivity contribution is 5.85. The van der Waals surface area contributed by atoms with E-state index in [4.69, 9.17) is 14.9 Å². The molecule has 0 amide bonds. The maximum atomic E-state index is 11.1. The molecular weight excluding hydrogens is 258 g/mol. The first-order valence-electron chi connectivity index (χ1n) is 6.80. The second-order valence-electron chi connectivity index (χ2n) is 5.17. The summed E-state index contributed by atoms with van der Waals surface area (Å²) >= 11 is 0. The van der Waals surface area contributed by atoms with Crippen LogP contribution in [0.5, 0.6) is 0 Å². The van der Waals surface area contributed by atoms with Crippen LogP contribution in [0.15, 0.2) is 21.3 Å². The van der Waals surface area contributed by atoms with Crippen LogP contribution in [0.2, 0.25) is 0 Å². The zero-order valence-corrected chi connectivity index (χ0v) is 11.9. The van der Waals surface area contributed by atoms with E-state index in [1.165, 1.54) is 0 Å². The smallest absolute Gasteiger partial charge is 0.408 e. The van der Waals surface area contributed by atoms with Crippen molar-refractivity contribution >= 4 is 22.5 Å². The highest BCUT2D eigenvalue weighted by Gasteiger charge is 2.06. The number of fused-ring (bicyclic) bond motifs is 1. The summed E-state index contributed by atoms with van der Waals surface area (Å²) in [4.78, 5) is 13.7. The maximum Gasteiger partial charge on any atom is 0.417 e. The molecule has 110 valence electrons. The lowest BCUT2D eigenvalue weighted by molar-refractivity contribution is 0.133. The highest BCUT2D eigenvalue weighted by atomic mass is 16.5. The van der Waals surface area contributed by atoms with Crippen molar-refractivity contribution in [2.24, 2.45) is 5.92 Å². The third kappa shape index (κ3) is 3.77. The highest BCUT2D eigenvalue weighted by Crippen LogP contribution is 2.23. The van der Waals surface area contributed by atoms with Gasteiger partial charge < -0.3 is 20.2 Å². The van der Waals surface area contributed by atoms with E-state index in [1.807, 2.05) is 0 Å². The van der Waals surface area contributed by atoms with Gasteiger partial charge in [0, 0.05) is 19.2 Å². The van der Waals surface area contributed by atoms with Crippen molar-refractivity contribution in [3.05, 3.63) is 22.7 Å². The van der Waals surface area contributed by atoms with E-state index in [0.29, 0.717) is 35.9 Å². The fourth-order valence-corrected chi connectivity index (χ4v) is 1.85. The Bertz CT molecular complexity index is 616. The van der Waals surface area contributed by atoms with Crippen LogP contribution >= 0.6 is 0 Å². The molecule has 20 heavy (non-hydrogen) atoms. The van der Waals surface area contributed by atoms with Gasteiger partial charge in [-0.3, -0.25) is 4.98 Å². The summed E-state index contributed by atoms with van der Waals surface area (Å²) in [6, 6.07) is 3.40. The molecular formula is C14H21N3O3. The minimum Gasteiger partial charge on any atom is -0.408 e. The van der Waals surface area contributed by atoms with Crippen molar-refractivity contribution in [2.45, 2.75) is 20.3 Å². The van der Waals surface area contributed by atoms with Crippen molar-refractivity contribution < 1.29 is 9.15 Å². The molecule has 1 aromatic carbocycles. The number of anilines is 2. The summed E-state index contributed by atoms with van der Waals surface area (Å²) in [5.41, 5.74) is 8.30. The third-order valence-electron chi connectivity index (χ3n) is 2.99. The molecule has 0 atom stereocenters. The monoisotopic (exact) mass is 279 g/mol. The van der Waals surface area contributed by atoms with E-state index < -0.39 is 5.76 Å². The number of oxazole rings is 1. The van der Waals surface area contributed by atoms with Crippen molar-refractivity contribution in [2.75, 3.05) is 30.8 Å². The molecule has 0 unspecified atom stereocenters. The van der Waals surface area contributed by atoms with Crippen LogP contribution in [-0.2, 0) is 4.74 Å². The van der Waals surface area contributed by atoms with E-state index >= 15 is 0 Å². The number of nitrogen functional groups attached to an aromatic ring is 1. The van der Waals surface area contributed by atoms with Gasteiger partial charge in [-0.25, -0.2) is 4.79 Å². The first-order chi connectivity index (χ1) is 9.56. The Labute approximate surface area is 117 Å². The average Bonchev–Trinajstić information content (AvgIpc) is 2.72. The Morgan fingerprint density at radius 3 is 2.95 bits per heavy atom. The standard InChI is InChI=1S/C14H21N3O3/c1-9(2)3-5-19-6-4-16-11-8-12-13(7-10(11)15)20-14(18)17-12/h7-9,16H,3-6,15H2,1-2H3,(H,17,18). The topological polar surface area (TPSA) is 93.3 Å². The van der Waals surface area contributed by atoms with E-state index in [-0.39, 0.29) is 0 Å². The van der Waals surface area contributed by atoms with Crippen molar-refractivity contribution in [3.63, 3.8) is 0 Å². The summed E-state index contributed by atoms with van der Waals surface area (Å²) in [6.45, 7) is 6.39. The molecule has 0 bridgehead atoms. The largest absolute Gasteiger partial charge is 0.417 e. The van der Waals surface area contributed by atoms with E-state index in [1.54, 1.807) is 12.1 Å². The van der Waals surface area contributed by atoms with Gasteiger partial charge in [-0.1, -0.05) is 13.8 Å². The van der Waals surface area contributed by atoms with Gasteiger partial charge in [-0.2, -0.15) is 0 Å². The number of hydrogen-bond donors (Lipinski definition) is 3. The molecule has 1 heterocycles. The number of hydrogen-bond acceptors (Lipinski definition) is 5. The molecule has 0 saturated carbocycles. The minimum atomic E-state index is -0.478. The number of rotatable bonds is 7. The Balaban J connectivity index is 1.86. The van der Waals surface area contributed by atoms with Crippen molar-refractivity contribution in [1.29, 1.82) is 0 Å². The van der Waals surface area contributed by atoms with Gasteiger partial charge in [0.05, 0.1) is 23.5 Å². The molecule has 0 saturated heterocycles. The molecule has 4 N–H and O–H groups in total. The van der Waals surface area contributed by atoms with Gasteiger partial charge in [0.2, 0.25) is 0 Å². The lowest BCUT2D eigenvalue weighted by Gasteiger charge is -2.10. The molecule has 0 aliphatic carbocycles. The number of H-pyrrole nitrogens is 1. The van der Waals surface area contributed by atoms with Gasteiger partial charge in [0.25, 0.3) is 0 Å². The zero-order chi connectivity index (χ0) is 14.5. The number of aromatic nitrogens is 1. The van der Waals surface area contributed by atoms with Gasteiger partial charge in [0.15, 0.2) is 5.58 Å². The molecule has 6 heteroatoms. The normalized spacial score (nSPS) is 11.3. The Kier molecular flexibility index (Phi) is 4.68. The number of benzene rings is 1. The van der Waals surface area contributed by atoms with Crippen molar-refractivity contribution in [3.8, 4) is 0 Å². The number of aromatic amines is 1. The second kappa shape index (κ2) is 6.47. The predicted octanol–water partition coefficient (Wildman–Crippen LogP) is 2.18. The third-order valence-corrected chi connectivity index (χ3v) is 2.99. The molecule has 0 fully saturated rings. The van der Waals surface area contributed by atoms with Crippen LogP contribution in [0.3, 0.4) is 0 Å². The van der Waals surface area contributed by atoms with Gasteiger partial charge in [-0.15, -0.1) is 0 Å². The molecule has 0 aliphatic rings. The van der Waals surface area contributed by atoms with E-state index in [9.17, 15) is 4.79 Å². The fourth-order valence-electron chi connectivity index (χ4n) is 1.85. The van der Waals surface area contributed by atoms with Crippen LogP contribution in [0.4, 0.5) is 11.4 Å². The summed E-state index contributed by atoms with van der Waals surface area (Å²) in [5, 5.41) is 3.19. The molecule has 1 aromatic heterocycles. The number of nitrogens with one attached hydrogen (secondary N) is 2. The average molecular weight is 279 g/mol. The summed E-state index contributed by atoms with van der Waals surface area (Å²) in [5.74, 6) is 0.174. The Morgan fingerprint density at radius 1 is 1.40 bits per heavy atom. The molecule has 0 radical (unpaired) electrons. The van der Waals surface area contributed by atoms with Crippen LogP contribution in [0, 0.1) is 5.92 Å². The molecule has 2 aromatic rings. The summed E-state index contributed by atoms with van der Waals surface area (Å²) in [7, 11) is 0. The van der Waals surface area contributed by atoms with E-state index in [0.717, 1.165) is 18.7 Å². The quantitative estimate of drug-likeness (QED) is 0.533. The van der Waals surface area contributed by atoms with Crippen LogP contribution in [-0.4, -0.2) is 24.7 Å². The molecule has 0 aliphatic heterocycles. The lowest BCUT2D eigenvalue weighted by atomic mass is 10.1. The zero-order valence-electron chi connectivity index (χ0n) is 11.9. The molecule has 6 nitrogen and oxygen atoms in total. The first-order valence-corrected chi connectivity index (χ1v) is 6.80. The van der Waals surface area contributed by atoms with Crippen molar-refractivity contribution in [1.82, 2.24) is 4.98 Å². The van der Waals surface area contributed by atoms with Crippen LogP contribution < -0.4 is 16.8 Å². The van der Waals surface area contributed by atoms with Crippen LogP contribution in [0.1, 0.15) is 20.3 Å². The molecule has 2 rings (SSSR count). The second-order valence-corrected chi connectivity index (χ2v) is 5.17. The predicted molar refractivity (Wildman–Crippen MR) is 80.0 cm³/mol. The van der Waals surface area contributed by atoms with Gasteiger partial charge >= 0.3 is 5.76 Å². The maximum absolute atomic E-state index is 11.1. The number of nitrogens with two attached hydrogens (primary N) is 1. The minimum absolute atomic E-state index is 0.464. The first kappa shape index (κ1) is 14.5. The summed E-state index contributed by atoms with van der Waals surface area (Å²) in [6.07, 6.45) is 1.06. The summed E-state index contributed by atoms with van der Waals surface area (Å²) < 4.78 is 10.5. The number of ether oxygens (including phenoxy) is 1.